The third-order valence-corrected chi connectivity index (χ3v) is 2.77. The maximum Gasteiger partial charge on any atom is 1.00 e. The van der Waals surface area contributed by atoms with Crippen LogP contribution in [0.3, 0.4) is 0 Å². The molecule has 0 aliphatic rings. The van der Waals surface area contributed by atoms with Crippen molar-refractivity contribution in [1.29, 1.82) is 0 Å². The molecular formula is C15H12ClNaO4. The van der Waals surface area contributed by atoms with Crippen LogP contribution in [0.15, 0.2) is 48.5 Å². The fraction of sp³-hybridized carbons (Fsp3) is 0.133. The molecule has 0 fully saturated rings. The molecule has 0 radical (unpaired) electrons. The molecule has 0 amide bonds. The van der Waals surface area contributed by atoms with Crippen LogP contribution >= 0.6 is 11.6 Å². The molecule has 4 nitrogen and oxygen atoms in total. The van der Waals surface area contributed by atoms with E-state index in [1.54, 1.807) is 48.5 Å². The van der Waals surface area contributed by atoms with Gasteiger partial charge in [0.1, 0.15) is 23.4 Å². The number of hydrogen-bond acceptors (Lipinski definition) is 4. The van der Waals surface area contributed by atoms with E-state index in [1.807, 2.05) is 0 Å². The van der Waals surface area contributed by atoms with Gasteiger partial charge in [-0.05, 0) is 55.5 Å². The van der Waals surface area contributed by atoms with Crippen LogP contribution < -0.4 is 44.1 Å². The molecule has 104 valence electrons. The summed E-state index contributed by atoms with van der Waals surface area (Å²) in [5.41, 5.74) is 0. The SMILES string of the molecule is CC(Oc1ccc(Oc2ccc(Cl)cc2)cc1)C(=O)[O-].[Na+]. The fourth-order valence-electron chi connectivity index (χ4n) is 1.48. The van der Waals surface area contributed by atoms with Crippen LogP contribution in [0, 0.1) is 0 Å². The fourth-order valence-corrected chi connectivity index (χ4v) is 1.60. The quantitative estimate of drug-likeness (QED) is 0.708. The molecule has 0 saturated carbocycles. The molecule has 2 rings (SSSR count). The maximum absolute atomic E-state index is 10.6. The topological polar surface area (TPSA) is 58.6 Å². The van der Waals surface area contributed by atoms with Crippen molar-refractivity contribution in [2.24, 2.45) is 0 Å². The number of aliphatic carboxylic acids is 1. The van der Waals surface area contributed by atoms with Gasteiger partial charge in [-0.1, -0.05) is 11.6 Å². The van der Waals surface area contributed by atoms with Crippen molar-refractivity contribution in [3.8, 4) is 17.2 Å². The van der Waals surface area contributed by atoms with Gasteiger partial charge in [-0.15, -0.1) is 0 Å². The number of carbonyl (C=O) groups excluding carboxylic acids is 1. The number of ether oxygens (including phenoxy) is 2. The van der Waals surface area contributed by atoms with Crippen LogP contribution in [-0.4, -0.2) is 12.1 Å². The molecule has 0 aliphatic heterocycles. The van der Waals surface area contributed by atoms with Gasteiger partial charge >= 0.3 is 29.6 Å². The van der Waals surface area contributed by atoms with Gasteiger partial charge in [0, 0.05) is 5.02 Å². The number of benzene rings is 2. The summed E-state index contributed by atoms with van der Waals surface area (Å²) >= 11 is 5.78. The molecule has 0 bridgehead atoms. The summed E-state index contributed by atoms with van der Waals surface area (Å²) in [6, 6.07) is 13.6. The Morgan fingerprint density at radius 2 is 1.43 bits per heavy atom. The second-order valence-electron chi connectivity index (χ2n) is 4.11. The molecule has 2 aromatic carbocycles. The summed E-state index contributed by atoms with van der Waals surface area (Å²) < 4.78 is 10.8. The zero-order valence-electron chi connectivity index (χ0n) is 11.7. The van der Waals surface area contributed by atoms with Crippen molar-refractivity contribution in [2.75, 3.05) is 0 Å². The van der Waals surface area contributed by atoms with Crippen LogP contribution in [0.4, 0.5) is 0 Å². The van der Waals surface area contributed by atoms with E-state index in [2.05, 4.69) is 0 Å². The zero-order chi connectivity index (χ0) is 14.5. The van der Waals surface area contributed by atoms with Crippen molar-refractivity contribution >= 4 is 17.6 Å². The van der Waals surface area contributed by atoms with Gasteiger partial charge in [0.15, 0.2) is 0 Å². The van der Waals surface area contributed by atoms with E-state index in [0.29, 0.717) is 22.3 Å². The Morgan fingerprint density at radius 1 is 1.00 bits per heavy atom. The van der Waals surface area contributed by atoms with Crippen LogP contribution in [0.2, 0.25) is 5.02 Å². The first-order chi connectivity index (χ1) is 9.54. The van der Waals surface area contributed by atoms with Gasteiger partial charge in [-0.2, -0.15) is 0 Å². The van der Waals surface area contributed by atoms with Gasteiger partial charge in [-0.3, -0.25) is 0 Å². The summed E-state index contributed by atoms with van der Waals surface area (Å²) in [6.45, 7) is 1.41. The monoisotopic (exact) mass is 314 g/mol. The Labute approximate surface area is 149 Å². The minimum Gasteiger partial charge on any atom is -0.546 e. The third-order valence-electron chi connectivity index (χ3n) is 2.52. The van der Waals surface area contributed by atoms with Gasteiger partial charge in [0.05, 0.1) is 5.97 Å². The molecule has 2 aromatic rings. The van der Waals surface area contributed by atoms with Crippen LogP contribution in [0.5, 0.6) is 17.2 Å². The predicted molar refractivity (Wildman–Crippen MR) is 73.1 cm³/mol. The summed E-state index contributed by atoms with van der Waals surface area (Å²) in [7, 11) is 0. The van der Waals surface area contributed by atoms with E-state index in [1.165, 1.54) is 6.92 Å². The van der Waals surface area contributed by atoms with E-state index in [-0.39, 0.29) is 29.6 Å². The van der Waals surface area contributed by atoms with Gasteiger partial charge < -0.3 is 19.4 Å². The number of halogens is 1. The Kier molecular flexibility index (Phi) is 7.05. The Hall–Kier alpha value is -1.20. The second kappa shape index (κ2) is 8.29. The number of carboxylic acid groups (broad SMARTS) is 1. The minimum atomic E-state index is -1.26. The number of carboxylic acids is 1. The van der Waals surface area contributed by atoms with Gasteiger partial charge in [-0.25, -0.2) is 0 Å². The van der Waals surface area contributed by atoms with Crippen LogP contribution in [0.1, 0.15) is 6.92 Å². The standard InChI is InChI=1S/C15H13ClO4.Na/c1-10(15(17)18)19-12-6-8-14(9-7-12)20-13-4-2-11(16)3-5-13;/h2-10H,1H3,(H,17,18);/q;+1/p-1. The number of carbonyl (C=O) groups is 1. The van der Waals surface area contributed by atoms with Crippen molar-refractivity contribution in [1.82, 2.24) is 0 Å². The smallest absolute Gasteiger partial charge is 0.546 e. The molecule has 0 aromatic heterocycles. The maximum atomic E-state index is 10.6. The second-order valence-corrected chi connectivity index (χ2v) is 4.54. The summed E-state index contributed by atoms with van der Waals surface area (Å²) in [6.07, 6.45) is -1.00. The molecule has 0 spiro atoms. The molecule has 0 saturated heterocycles. The van der Waals surface area contributed by atoms with Crippen molar-refractivity contribution in [3.05, 3.63) is 53.6 Å². The normalized spacial score (nSPS) is 11.1. The third kappa shape index (κ3) is 5.59. The van der Waals surface area contributed by atoms with E-state index >= 15 is 0 Å². The average molecular weight is 315 g/mol. The number of rotatable bonds is 5. The molecule has 0 heterocycles. The molecule has 21 heavy (non-hydrogen) atoms. The first-order valence-corrected chi connectivity index (χ1v) is 6.33. The molecular weight excluding hydrogens is 303 g/mol. The molecule has 0 N–H and O–H groups in total. The zero-order valence-corrected chi connectivity index (χ0v) is 14.5. The first kappa shape index (κ1) is 17.9. The Balaban J connectivity index is 0.00000220. The van der Waals surface area contributed by atoms with Gasteiger partial charge in [0.2, 0.25) is 0 Å². The summed E-state index contributed by atoms with van der Waals surface area (Å²) in [5.74, 6) is 0.448. The van der Waals surface area contributed by atoms with Crippen molar-refractivity contribution < 1.29 is 48.9 Å². The molecule has 6 heteroatoms. The minimum absolute atomic E-state index is 0. The largest absolute Gasteiger partial charge is 1.00 e. The van der Waals surface area contributed by atoms with Crippen molar-refractivity contribution in [2.45, 2.75) is 13.0 Å². The summed E-state index contributed by atoms with van der Waals surface area (Å²) in [4.78, 5) is 10.6. The van der Waals surface area contributed by atoms with Crippen molar-refractivity contribution in [3.63, 3.8) is 0 Å². The predicted octanol–water partition coefficient (Wildman–Crippen LogP) is -0.346. The van der Waals surface area contributed by atoms with Gasteiger partial charge in [0.25, 0.3) is 0 Å². The Morgan fingerprint density at radius 3 is 1.90 bits per heavy atom. The van der Waals surface area contributed by atoms with E-state index in [0.717, 1.165) is 0 Å². The van der Waals surface area contributed by atoms with Crippen LogP contribution in [0.25, 0.3) is 0 Å². The van der Waals surface area contributed by atoms with Crippen LogP contribution in [-0.2, 0) is 4.79 Å². The van der Waals surface area contributed by atoms with E-state index < -0.39 is 12.1 Å². The van der Waals surface area contributed by atoms with E-state index in [4.69, 9.17) is 21.1 Å². The summed E-state index contributed by atoms with van der Waals surface area (Å²) in [5, 5.41) is 11.2. The molecule has 1 atom stereocenters. The molecule has 0 aliphatic carbocycles. The average Bonchev–Trinajstić information content (AvgIpc) is 2.43. The Bertz CT molecular complexity index is 584. The molecule has 1 unspecified atom stereocenters. The number of hydrogen-bond donors (Lipinski definition) is 0. The van der Waals surface area contributed by atoms with E-state index in [9.17, 15) is 9.90 Å². The first-order valence-electron chi connectivity index (χ1n) is 5.95.